The van der Waals surface area contributed by atoms with Gasteiger partial charge in [-0.3, -0.25) is 14.4 Å². The molecule has 1 aliphatic heterocycles. The average molecular weight is 286 g/mol. The van der Waals surface area contributed by atoms with Crippen LogP contribution < -0.4 is 10.2 Å². The molecule has 0 radical (unpaired) electrons. The first kappa shape index (κ1) is 13.9. The van der Waals surface area contributed by atoms with E-state index < -0.39 is 6.04 Å². The average Bonchev–Trinajstić information content (AvgIpc) is 3.23. The van der Waals surface area contributed by atoms with Gasteiger partial charge in [-0.05, 0) is 56.5 Å². The molecule has 5 heteroatoms. The van der Waals surface area contributed by atoms with Crippen LogP contribution in [0.25, 0.3) is 0 Å². The molecule has 1 heterocycles. The van der Waals surface area contributed by atoms with Gasteiger partial charge in [0.2, 0.25) is 5.91 Å². The lowest BCUT2D eigenvalue weighted by molar-refractivity contribution is -0.121. The van der Waals surface area contributed by atoms with E-state index in [0.29, 0.717) is 17.2 Å². The summed E-state index contributed by atoms with van der Waals surface area (Å²) in [7, 11) is 0. The van der Waals surface area contributed by atoms with Crippen LogP contribution in [0.15, 0.2) is 24.3 Å². The second kappa shape index (κ2) is 5.41. The van der Waals surface area contributed by atoms with Crippen LogP contribution in [0.5, 0.6) is 0 Å². The molecule has 110 valence electrons. The molecule has 2 fully saturated rings. The Kier molecular flexibility index (Phi) is 3.59. The van der Waals surface area contributed by atoms with E-state index in [0.717, 1.165) is 6.54 Å². The fraction of sp³-hybridized carbons (Fsp3) is 0.438. The van der Waals surface area contributed by atoms with Crippen molar-refractivity contribution in [3.05, 3.63) is 29.8 Å². The van der Waals surface area contributed by atoms with Crippen molar-refractivity contribution in [1.29, 1.82) is 0 Å². The molecule has 1 saturated heterocycles. The fourth-order valence-corrected chi connectivity index (χ4v) is 2.54. The standard InChI is InChI=1S/C16H18N2O3/c1-10(19)12-4-6-13(7-5-12)18-15(20)8-14(16(18)21)17-9-11-2-3-11/h4-7,11,14,17H,2-3,8-9H2,1H3. The maximum absolute atomic E-state index is 12.3. The van der Waals surface area contributed by atoms with Gasteiger partial charge in [0.1, 0.15) is 0 Å². The Labute approximate surface area is 123 Å². The number of imide groups is 1. The topological polar surface area (TPSA) is 66.5 Å². The highest BCUT2D eigenvalue weighted by atomic mass is 16.2. The predicted octanol–water partition coefficient (Wildman–Crippen LogP) is 1.52. The minimum absolute atomic E-state index is 0.0374. The third kappa shape index (κ3) is 2.88. The molecule has 0 bridgehead atoms. The molecular formula is C16H18N2O3. The molecule has 1 unspecified atom stereocenters. The highest BCUT2D eigenvalue weighted by Crippen LogP contribution is 2.29. The number of hydrogen-bond donors (Lipinski definition) is 1. The zero-order chi connectivity index (χ0) is 15.0. The molecule has 21 heavy (non-hydrogen) atoms. The number of nitrogens with one attached hydrogen (secondary N) is 1. The van der Waals surface area contributed by atoms with Crippen LogP contribution in [0.3, 0.4) is 0 Å². The molecule has 2 aliphatic rings. The minimum Gasteiger partial charge on any atom is -0.305 e. The van der Waals surface area contributed by atoms with Gasteiger partial charge in [0, 0.05) is 5.56 Å². The van der Waals surface area contributed by atoms with Gasteiger partial charge < -0.3 is 5.32 Å². The largest absolute Gasteiger partial charge is 0.305 e. The Morgan fingerprint density at radius 3 is 2.48 bits per heavy atom. The van der Waals surface area contributed by atoms with Crippen molar-refractivity contribution in [1.82, 2.24) is 5.32 Å². The van der Waals surface area contributed by atoms with E-state index in [-0.39, 0.29) is 24.0 Å². The van der Waals surface area contributed by atoms with Crippen molar-refractivity contribution in [3.63, 3.8) is 0 Å². The number of amides is 2. The fourth-order valence-electron chi connectivity index (χ4n) is 2.54. The van der Waals surface area contributed by atoms with Gasteiger partial charge in [-0.15, -0.1) is 0 Å². The highest BCUT2D eigenvalue weighted by molar-refractivity contribution is 6.22. The molecule has 0 aromatic heterocycles. The van der Waals surface area contributed by atoms with E-state index in [1.54, 1.807) is 24.3 Å². The van der Waals surface area contributed by atoms with Crippen LogP contribution in [0.2, 0.25) is 0 Å². The van der Waals surface area contributed by atoms with Gasteiger partial charge in [-0.1, -0.05) is 0 Å². The quantitative estimate of drug-likeness (QED) is 0.658. The van der Waals surface area contributed by atoms with E-state index >= 15 is 0 Å². The lowest BCUT2D eigenvalue weighted by Crippen LogP contribution is -2.39. The number of hydrogen-bond acceptors (Lipinski definition) is 4. The molecule has 1 aromatic carbocycles. The number of ketones is 1. The van der Waals surface area contributed by atoms with E-state index in [2.05, 4.69) is 5.32 Å². The van der Waals surface area contributed by atoms with Gasteiger partial charge in [0.05, 0.1) is 18.2 Å². The summed E-state index contributed by atoms with van der Waals surface area (Å²) in [5.41, 5.74) is 1.10. The Balaban J connectivity index is 1.72. The number of carbonyl (C=O) groups excluding carboxylic acids is 3. The van der Waals surface area contributed by atoms with Crippen molar-refractivity contribution < 1.29 is 14.4 Å². The highest BCUT2D eigenvalue weighted by Gasteiger charge is 2.39. The molecule has 2 amide bonds. The van der Waals surface area contributed by atoms with Crippen molar-refractivity contribution >= 4 is 23.3 Å². The van der Waals surface area contributed by atoms with Gasteiger partial charge in [0.25, 0.3) is 5.91 Å². The number of anilines is 1. The van der Waals surface area contributed by atoms with Gasteiger partial charge >= 0.3 is 0 Å². The molecule has 1 saturated carbocycles. The third-order valence-corrected chi connectivity index (χ3v) is 4.03. The Morgan fingerprint density at radius 1 is 1.24 bits per heavy atom. The van der Waals surface area contributed by atoms with E-state index in [4.69, 9.17) is 0 Å². The molecule has 5 nitrogen and oxygen atoms in total. The number of carbonyl (C=O) groups is 3. The Hall–Kier alpha value is -2.01. The number of rotatable bonds is 5. The number of benzene rings is 1. The van der Waals surface area contributed by atoms with E-state index in [1.807, 2.05) is 0 Å². The summed E-state index contributed by atoms with van der Waals surface area (Å²) in [6, 6.07) is 6.17. The molecular weight excluding hydrogens is 268 g/mol. The normalized spacial score (nSPS) is 22.0. The summed E-state index contributed by atoms with van der Waals surface area (Å²) in [5, 5.41) is 3.19. The predicted molar refractivity (Wildman–Crippen MR) is 78.1 cm³/mol. The first-order chi connectivity index (χ1) is 10.1. The first-order valence-corrected chi connectivity index (χ1v) is 7.27. The molecule has 1 aliphatic carbocycles. The van der Waals surface area contributed by atoms with Crippen LogP contribution in [-0.2, 0) is 9.59 Å². The molecule has 1 atom stereocenters. The SMILES string of the molecule is CC(=O)c1ccc(N2C(=O)CC(NCC3CC3)C2=O)cc1. The van der Waals surface area contributed by atoms with Gasteiger partial charge in [0.15, 0.2) is 5.78 Å². The van der Waals surface area contributed by atoms with Gasteiger partial charge in [-0.2, -0.15) is 0 Å². The zero-order valence-electron chi connectivity index (χ0n) is 12.0. The third-order valence-electron chi connectivity index (χ3n) is 4.03. The molecule has 1 aromatic rings. The Morgan fingerprint density at radius 2 is 1.90 bits per heavy atom. The maximum atomic E-state index is 12.3. The lowest BCUT2D eigenvalue weighted by Gasteiger charge is -2.15. The van der Waals surface area contributed by atoms with Crippen molar-refractivity contribution in [2.45, 2.75) is 32.2 Å². The van der Waals surface area contributed by atoms with Crippen molar-refractivity contribution in [2.24, 2.45) is 5.92 Å². The van der Waals surface area contributed by atoms with Crippen LogP contribution in [0.4, 0.5) is 5.69 Å². The van der Waals surface area contributed by atoms with Crippen LogP contribution in [0.1, 0.15) is 36.5 Å². The molecule has 3 rings (SSSR count). The summed E-state index contributed by atoms with van der Waals surface area (Å²) in [5.74, 6) is 0.238. The summed E-state index contributed by atoms with van der Waals surface area (Å²) in [6.07, 6.45) is 2.62. The molecule has 1 N–H and O–H groups in total. The summed E-state index contributed by atoms with van der Waals surface area (Å²) in [4.78, 5) is 36.9. The van der Waals surface area contributed by atoms with Crippen LogP contribution >= 0.6 is 0 Å². The first-order valence-electron chi connectivity index (χ1n) is 7.27. The summed E-state index contributed by atoms with van der Waals surface area (Å²) < 4.78 is 0. The number of Topliss-reactive ketones (excluding diaryl/α,β-unsaturated/α-hetero) is 1. The van der Waals surface area contributed by atoms with E-state index in [1.165, 1.54) is 24.7 Å². The smallest absolute Gasteiger partial charge is 0.251 e. The van der Waals surface area contributed by atoms with Crippen LogP contribution in [-0.4, -0.2) is 30.2 Å². The van der Waals surface area contributed by atoms with Gasteiger partial charge in [-0.25, -0.2) is 4.90 Å². The van der Waals surface area contributed by atoms with Crippen molar-refractivity contribution in [3.8, 4) is 0 Å². The monoisotopic (exact) mass is 286 g/mol. The minimum atomic E-state index is -0.411. The summed E-state index contributed by atoms with van der Waals surface area (Å²) in [6.45, 7) is 2.29. The van der Waals surface area contributed by atoms with Crippen molar-refractivity contribution in [2.75, 3.05) is 11.4 Å². The zero-order valence-corrected chi connectivity index (χ0v) is 12.0. The number of nitrogens with zero attached hydrogens (tertiary/aromatic N) is 1. The maximum Gasteiger partial charge on any atom is 0.251 e. The Bertz CT molecular complexity index is 590. The van der Waals surface area contributed by atoms with Crippen LogP contribution in [0, 0.1) is 5.92 Å². The molecule has 0 spiro atoms. The lowest BCUT2D eigenvalue weighted by atomic mass is 10.1. The van der Waals surface area contributed by atoms with E-state index in [9.17, 15) is 14.4 Å². The second-order valence-electron chi connectivity index (χ2n) is 5.78. The second-order valence-corrected chi connectivity index (χ2v) is 5.78. The summed E-state index contributed by atoms with van der Waals surface area (Å²) >= 11 is 0.